The van der Waals surface area contributed by atoms with E-state index >= 15 is 0 Å². The Bertz CT molecular complexity index is 769. The van der Waals surface area contributed by atoms with Gasteiger partial charge in [-0.3, -0.25) is 4.79 Å². The van der Waals surface area contributed by atoms with Crippen LogP contribution in [0.5, 0.6) is 11.5 Å². The zero-order valence-electron chi connectivity index (χ0n) is 16.1. The molecular weight excluding hydrogens is 471 g/mol. The minimum absolute atomic E-state index is 0. The molecule has 0 aliphatic rings. The predicted molar refractivity (Wildman–Crippen MR) is 121 cm³/mol. The van der Waals surface area contributed by atoms with Crippen LogP contribution in [0.4, 0.5) is 0 Å². The summed E-state index contributed by atoms with van der Waals surface area (Å²) in [6.07, 6.45) is 0.319. The number of nitrogens with zero attached hydrogens (tertiary/aromatic N) is 1. The van der Waals surface area contributed by atoms with Gasteiger partial charge in [-0.2, -0.15) is 0 Å². The van der Waals surface area contributed by atoms with E-state index in [1.165, 1.54) is 0 Å². The lowest BCUT2D eigenvalue weighted by Gasteiger charge is -2.09. The third-order valence-corrected chi connectivity index (χ3v) is 3.87. The van der Waals surface area contributed by atoms with Gasteiger partial charge in [-0.05, 0) is 23.3 Å². The highest BCUT2D eigenvalue weighted by atomic mass is 127. The number of nitrogens with one attached hydrogen (secondary N) is 2. The van der Waals surface area contributed by atoms with Crippen molar-refractivity contribution in [1.29, 1.82) is 0 Å². The molecule has 0 aromatic heterocycles. The SMILES string of the molecule is COc1ccc(CN=C(N)NCCC(=O)NCc2ccccc2)cc1OC.I. The Hall–Kier alpha value is -2.49. The van der Waals surface area contributed by atoms with E-state index in [1.807, 2.05) is 48.5 Å². The summed E-state index contributed by atoms with van der Waals surface area (Å²) in [5, 5.41) is 5.81. The number of nitrogens with two attached hydrogens (primary N) is 1. The topological polar surface area (TPSA) is 98.0 Å². The maximum Gasteiger partial charge on any atom is 0.222 e. The lowest BCUT2D eigenvalue weighted by molar-refractivity contribution is -0.121. The van der Waals surface area contributed by atoms with Crippen molar-refractivity contribution in [3.8, 4) is 11.5 Å². The van der Waals surface area contributed by atoms with Gasteiger partial charge < -0.3 is 25.8 Å². The largest absolute Gasteiger partial charge is 0.493 e. The van der Waals surface area contributed by atoms with E-state index in [2.05, 4.69) is 15.6 Å². The molecule has 152 valence electrons. The maximum atomic E-state index is 11.9. The van der Waals surface area contributed by atoms with Crippen molar-refractivity contribution in [3.05, 3.63) is 59.7 Å². The number of methoxy groups -OCH3 is 2. The molecule has 0 heterocycles. The summed E-state index contributed by atoms with van der Waals surface area (Å²) in [5.41, 5.74) is 7.86. The van der Waals surface area contributed by atoms with Crippen molar-refractivity contribution < 1.29 is 14.3 Å². The summed E-state index contributed by atoms with van der Waals surface area (Å²) in [6, 6.07) is 15.3. The van der Waals surface area contributed by atoms with Crippen molar-refractivity contribution in [2.45, 2.75) is 19.5 Å². The zero-order valence-corrected chi connectivity index (χ0v) is 18.4. The Balaban J connectivity index is 0.00000392. The van der Waals surface area contributed by atoms with E-state index in [1.54, 1.807) is 14.2 Å². The highest BCUT2D eigenvalue weighted by molar-refractivity contribution is 14.0. The molecule has 2 aromatic rings. The summed E-state index contributed by atoms with van der Waals surface area (Å²) in [4.78, 5) is 16.1. The summed E-state index contributed by atoms with van der Waals surface area (Å²) in [5.74, 6) is 1.56. The average Bonchev–Trinajstić information content (AvgIpc) is 2.71. The van der Waals surface area contributed by atoms with Crippen molar-refractivity contribution >= 4 is 35.8 Å². The fourth-order valence-corrected chi connectivity index (χ4v) is 2.40. The number of ether oxygens (including phenoxy) is 2. The number of guanidine groups is 1. The van der Waals surface area contributed by atoms with E-state index in [4.69, 9.17) is 15.2 Å². The van der Waals surface area contributed by atoms with Crippen LogP contribution in [0.1, 0.15) is 17.5 Å². The van der Waals surface area contributed by atoms with Crippen molar-refractivity contribution in [1.82, 2.24) is 10.6 Å². The standard InChI is InChI=1S/C20H26N4O3.HI/c1-26-17-9-8-16(12-18(17)27-2)14-24-20(21)22-11-10-19(25)23-13-15-6-4-3-5-7-15;/h3-9,12H,10-11,13-14H2,1-2H3,(H,23,25)(H3,21,22,24);1H. The van der Waals surface area contributed by atoms with Crippen LogP contribution in [0, 0.1) is 0 Å². The Kier molecular flexibility index (Phi) is 10.8. The summed E-state index contributed by atoms with van der Waals surface area (Å²) in [7, 11) is 3.18. The number of benzene rings is 2. The van der Waals surface area contributed by atoms with Gasteiger partial charge in [-0.25, -0.2) is 4.99 Å². The quantitative estimate of drug-likeness (QED) is 0.280. The third kappa shape index (κ3) is 8.03. The molecule has 0 atom stereocenters. The van der Waals surface area contributed by atoms with Crippen LogP contribution in [-0.4, -0.2) is 32.6 Å². The van der Waals surface area contributed by atoms with Crippen LogP contribution in [0.15, 0.2) is 53.5 Å². The van der Waals surface area contributed by atoms with Gasteiger partial charge in [0.2, 0.25) is 5.91 Å². The molecule has 1 amide bonds. The normalized spacial score (nSPS) is 10.6. The Morgan fingerprint density at radius 1 is 1.00 bits per heavy atom. The number of carbonyl (C=O) groups is 1. The molecule has 7 nitrogen and oxygen atoms in total. The number of aliphatic imine (C=N–C) groups is 1. The van der Waals surface area contributed by atoms with E-state index < -0.39 is 0 Å². The van der Waals surface area contributed by atoms with Gasteiger partial charge >= 0.3 is 0 Å². The first-order valence-electron chi connectivity index (χ1n) is 8.67. The Morgan fingerprint density at radius 2 is 1.71 bits per heavy atom. The summed E-state index contributed by atoms with van der Waals surface area (Å²) < 4.78 is 10.5. The Morgan fingerprint density at radius 3 is 2.39 bits per heavy atom. The van der Waals surface area contributed by atoms with Crippen LogP contribution in [-0.2, 0) is 17.9 Å². The maximum absolute atomic E-state index is 11.9. The number of hydrogen-bond donors (Lipinski definition) is 3. The monoisotopic (exact) mass is 498 g/mol. The highest BCUT2D eigenvalue weighted by Gasteiger charge is 2.05. The highest BCUT2D eigenvalue weighted by Crippen LogP contribution is 2.27. The second-order valence-electron chi connectivity index (χ2n) is 5.83. The number of halogens is 1. The fourth-order valence-electron chi connectivity index (χ4n) is 2.40. The lowest BCUT2D eigenvalue weighted by Crippen LogP contribution is -2.35. The van der Waals surface area contributed by atoms with Gasteiger partial charge in [0.1, 0.15) is 0 Å². The molecule has 2 aromatic carbocycles. The summed E-state index contributed by atoms with van der Waals surface area (Å²) in [6.45, 7) is 1.34. The number of carbonyl (C=O) groups excluding carboxylic acids is 1. The van der Waals surface area contributed by atoms with E-state index in [-0.39, 0.29) is 29.9 Å². The molecule has 0 saturated carbocycles. The van der Waals surface area contributed by atoms with E-state index in [0.29, 0.717) is 43.5 Å². The fraction of sp³-hybridized carbons (Fsp3) is 0.300. The van der Waals surface area contributed by atoms with Gasteiger partial charge in [-0.15, -0.1) is 24.0 Å². The van der Waals surface area contributed by atoms with E-state index in [0.717, 1.165) is 11.1 Å². The molecule has 0 saturated heterocycles. The van der Waals surface area contributed by atoms with Crippen LogP contribution in [0.2, 0.25) is 0 Å². The molecule has 28 heavy (non-hydrogen) atoms. The van der Waals surface area contributed by atoms with Gasteiger partial charge in [0.05, 0.1) is 20.8 Å². The Labute approximate surface area is 182 Å². The van der Waals surface area contributed by atoms with Gasteiger partial charge in [0.15, 0.2) is 17.5 Å². The van der Waals surface area contributed by atoms with Gasteiger partial charge in [-0.1, -0.05) is 36.4 Å². The van der Waals surface area contributed by atoms with Crippen molar-refractivity contribution in [2.75, 3.05) is 20.8 Å². The van der Waals surface area contributed by atoms with Crippen LogP contribution < -0.4 is 25.8 Å². The second-order valence-corrected chi connectivity index (χ2v) is 5.83. The van der Waals surface area contributed by atoms with E-state index in [9.17, 15) is 4.79 Å². The molecule has 0 radical (unpaired) electrons. The molecule has 0 bridgehead atoms. The minimum Gasteiger partial charge on any atom is -0.493 e. The van der Waals surface area contributed by atoms with Crippen LogP contribution >= 0.6 is 24.0 Å². The number of hydrogen-bond acceptors (Lipinski definition) is 4. The first-order chi connectivity index (χ1) is 13.1. The third-order valence-electron chi connectivity index (χ3n) is 3.87. The lowest BCUT2D eigenvalue weighted by atomic mass is 10.2. The second kappa shape index (κ2) is 12.8. The molecule has 0 unspecified atom stereocenters. The molecular formula is C20H27IN4O3. The van der Waals surface area contributed by atoms with Gasteiger partial charge in [0, 0.05) is 19.5 Å². The van der Waals surface area contributed by atoms with Crippen molar-refractivity contribution in [3.63, 3.8) is 0 Å². The van der Waals surface area contributed by atoms with Crippen LogP contribution in [0.25, 0.3) is 0 Å². The zero-order chi connectivity index (χ0) is 19.5. The molecule has 8 heteroatoms. The molecule has 2 rings (SSSR count). The van der Waals surface area contributed by atoms with Crippen molar-refractivity contribution in [2.24, 2.45) is 10.7 Å². The molecule has 0 aliphatic carbocycles. The summed E-state index contributed by atoms with van der Waals surface area (Å²) >= 11 is 0. The minimum atomic E-state index is -0.0426. The predicted octanol–water partition coefficient (Wildman–Crippen LogP) is 2.43. The average molecular weight is 498 g/mol. The first-order valence-corrected chi connectivity index (χ1v) is 8.67. The molecule has 4 N–H and O–H groups in total. The molecule has 0 aliphatic heterocycles. The molecule has 0 spiro atoms. The molecule has 0 fully saturated rings. The first kappa shape index (κ1) is 23.5. The number of amides is 1. The smallest absolute Gasteiger partial charge is 0.222 e. The van der Waals surface area contributed by atoms with Crippen LogP contribution in [0.3, 0.4) is 0 Å². The van der Waals surface area contributed by atoms with Gasteiger partial charge in [0.25, 0.3) is 0 Å². The number of rotatable bonds is 9.